The molecular weight excluding hydrogens is 422 g/mol. The van der Waals surface area contributed by atoms with E-state index in [0.717, 1.165) is 21.5 Å². The van der Waals surface area contributed by atoms with Crippen LogP contribution in [-0.2, 0) is 14.3 Å². The van der Waals surface area contributed by atoms with Crippen molar-refractivity contribution in [3.05, 3.63) is 81.0 Å². The highest BCUT2D eigenvalue weighted by Gasteiger charge is 2.41. The molecule has 6 heteroatoms. The van der Waals surface area contributed by atoms with Gasteiger partial charge in [-0.05, 0) is 43.2 Å². The highest BCUT2D eigenvalue weighted by atomic mass is 79.9. The lowest BCUT2D eigenvalue weighted by molar-refractivity contribution is -0.136. The Bertz CT molecular complexity index is 1000. The molecular formula is C22H20BrNO4. The second-order valence-corrected chi connectivity index (χ2v) is 7.99. The molecule has 0 amide bonds. The third-order valence-electron chi connectivity index (χ3n) is 5.36. The van der Waals surface area contributed by atoms with Gasteiger partial charge in [-0.25, -0.2) is 4.79 Å². The molecule has 5 nitrogen and oxygen atoms in total. The molecule has 0 saturated heterocycles. The summed E-state index contributed by atoms with van der Waals surface area (Å²) in [5.41, 5.74) is 3.57. The van der Waals surface area contributed by atoms with Crippen molar-refractivity contribution < 1.29 is 18.7 Å². The molecule has 4 rings (SSSR count). The van der Waals surface area contributed by atoms with E-state index >= 15 is 0 Å². The lowest BCUT2D eigenvalue weighted by Gasteiger charge is -2.36. The number of nitrogens with one attached hydrogen (secondary N) is 1. The molecule has 1 aromatic heterocycles. The number of hydrogen-bond donors (Lipinski definition) is 1. The summed E-state index contributed by atoms with van der Waals surface area (Å²) in [4.78, 5) is 25.8. The van der Waals surface area contributed by atoms with Crippen molar-refractivity contribution in [3.8, 4) is 0 Å². The number of ketones is 1. The fourth-order valence-corrected chi connectivity index (χ4v) is 4.58. The van der Waals surface area contributed by atoms with Crippen molar-refractivity contribution >= 4 is 27.7 Å². The van der Waals surface area contributed by atoms with E-state index in [0.29, 0.717) is 29.7 Å². The summed E-state index contributed by atoms with van der Waals surface area (Å²) in [6.07, 6.45) is 2.64. The SMILES string of the molecule is COC(=O)C1=C(C)NC2=C(C(=O)C[C@@H](c3ccco3)C2)[C@H]1c1cccc(Br)c1. The van der Waals surface area contributed by atoms with Crippen LogP contribution < -0.4 is 5.32 Å². The summed E-state index contributed by atoms with van der Waals surface area (Å²) in [6, 6.07) is 11.5. The highest BCUT2D eigenvalue weighted by Crippen LogP contribution is 2.45. The molecule has 1 aliphatic heterocycles. The third-order valence-corrected chi connectivity index (χ3v) is 5.85. The third kappa shape index (κ3) is 3.22. The van der Waals surface area contributed by atoms with Gasteiger partial charge in [0.2, 0.25) is 0 Å². The van der Waals surface area contributed by atoms with Crippen molar-refractivity contribution in [1.82, 2.24) is 5.32 Å². The minimum Gasteiger partial charge on any atom is -0.469 e. The van der Waals surface area contributed by atoms with E-state index in [2.05, 4.69) is 21.2 Å². The van der Waals surface area contributed by atoms with Gasteiger partial charge < -0.3 is 14.5 Å². The van der Waals surface area contributed by atoms with Crippen LogP contribution in [0.2, 0.25) is 0 Å². The molecule has 2 heterocycles. The average Bonchev–Trinajstić information content (AvgIpc) is 3.21. The second-order valence-electron chi connectivity index (χ2n) is 7.08. The molecule has 2 aromatic rings. The van der Waals surface area contributed by atoms with Crippen LogP contribution in [0.3, 0.4) is 0 Å². The summed E-state index contributed by atoms with van der Waals surface area (Å²) in [7, 11) is 1.36. The lowest BCUT2D eigenvalue weighted by atomic mass is 9.72. The van der Waals surface area contributed by atoms with E-state index in [1.54, 1.807) is 6.26 Å². The molecule has 0 radical (unpaired) electrons. The number of methoxy groups -OCH3 is 1. The zero-order valence-corrected chi connectivity index (χ0v) is 17.2. The molecule has 144 valence electrons. The van der Waals surface area contributed by atoms with E-state index in [-0.39, 0.29) is 11.7 Å². The Kier molecular flexibility index (Phi) is 4.98. The number of halogens is 1. The Morgan fingerprint density at radius 1 is 1.25 bits per heavy atom. The van der Waals surface area contributed by atoms with Crippen molar-refractivity contribution in [2.45, 2.75) is 31.6 Å². The zero-order valence-electron chi connectivity index (χ0n) is 15.6. The number of carbonyl (C=O) groups excluding carboxylic acids is 2. The quantitative estimate of drug-likeness (QED) is 0.706. The van der Waals surface area contributed by atoms with E-state index in [1.165, 1.54) is 7.11 Å². The van der Waals surface area contributed by atoms with E-state index in [9.17, 15) is 9.59 Å². The number of hydrogen-bond acceptors (Lipinski definition) is 5. The first kappa shape index (κ1) is 18.7. The van der Waals surface area contributed by atoms with Gasteiger partial charge in [0, 0.05) is 39.7 Å². The maximum Gasteiger partial charge on any atom is 0.336 e. The smallest absolute Gasteiger partial charge is 0.336 e. The minimum atomic E-state index is -0.453. The molecule has 0 bridgehead atoms. The predicted molar refractivity (Wildman–Crippen MR) is 107 cm³/mol. The monoisotopic (exact) mass is 441 g/mol. The largest absolute Gasteiger partial charge is 0.469 e. The maximum absolute atomic E-state index is 13.2. The molecule has 1 aromatic carbocycles. The van der Waals surface area contributed by atoms with Crippen molar-refractivity contribution in [3.63, 3.8) is 0 Å². The van der Waals surface area contributed by atoms with Crippen LogP contribution in [0, 0.1) is 0 Å². The first-order chi connectivity index (χ1) is 13.5. The Morgan fingerprint density at radius 3 is 2.75 bits per heavy atom. The summed E-state index contributed by atoms with van der Waals surface area (Å²) in [5.74, 6) is -0.0618. The van der Waals surface area contributed by atoms with E-state index in [4.69, 9.17) is 9.15 Å². The molecule has 2 aliphatic rings. The number of allylic oxidation sites excluding steroid dienone is 3. The van der Waals surface area contributed by atoms with Gasteiger partial charge in [-0.15, -0.1) is 0 Å². The Morgan fingerprint density at radius 2 is 2.07 bits per heavy atom. The van der Waals surface area contributed by atoms with Gasteiger partial charge in [0.05, 0.1) is 18.9 Å². The number of esters is 1. The number of carbonyl (C=O) groups is 2. The lowest BCUT2D eigenvalue weighted by Crippen LogP contribution is -2.35. The van der Waals surface area contributed by atoms with Gasteiger partial charge in [-0.2, -0.15) is 0 Å². The molecule has 0 fully saturated rings. The molecule has 0 saturated carbocycles. The van der Waals surface area contributed by atoms with Crippen molar-refractivity contribution in [1.29, 1.82) is 0 Å². The maximum atomic E-state index is 13.2. The summed E-state index contributed by atoms with van der Waals surface area (Å²) < 4.78 is 11.5. The molecule has 0 unspecified atom stereocenters. The minimum absolute atomic E-state index is 0.00983. The van der Waals surface area contributed by atoms with Gasteiger partial charge in [-0.3, -0.25) is 4.79 Å². The Hall–Kier alpha value is -2.60. The van der Waals surface area contributed by atoms with Crippen LogP contribution in [0.4, 0.5) is 0 Å². The van der Waals surface area contributed by atoms with Crippen molar-refractivity contribution in [2.24, 2.45) is 0 Å². The Labute approximate surface area is 171 Å². The Balaban J connectivity index is 1.83. The number of benzene rings is 1. The summed E-state index contributed by atoms with van der Waals surface area (Å²) in [5, 5.41) is 3.30. The van der Waals surface area contributed by atoms with Gasteiger partial charge in [-0.1, -0.05) is 28.1 Å². The summed E-state index contributed by atoms with van der Waals surface area (Å²) >= 11 is 3.50. The molecule has 2 atom stereocenters. The van der Waals surface area contributed by atoms with Crippen LogP contribution in [0.15, 0.2) is 74.1 Å². The van der Waals surface area contributed by atoms with Crippen LogP contribution in [-0.4, -0.2) is 18.9 Å². The number of furan rings is 1. The zero-order chi connectivity index (χ0) is 19.8. The van der Waals surface area contributed by atoms with Crippen molar-refractivity contribution in [2.75, 3.05) is 7.11 Å². The second kappa shape index (κ2) is 7.43. The fraction of sp³-hybridized carbons (Fsp3) is 0.273. The van der Waals surface area contributed by atoms with Crippen LogP contribution in [0.5, 0.6) is 0 Å². The molecule has 1 N–H and O–H groups in total. The molecule has 28 heavy (non-hydrogen) atoms. The van der Waals surface area contributed by atoms with Gasteiger partial charge >= 0.3 is 5.97 Å². The van der Waals surface area contributed by atoms with Gasteiger partial charge in [0.25, 0.3) is 0 Å². The van der Waals surface area contributed by atoms with Crippen LogP contribution >= 0.6 is 15.9 Å². The number of ether oxygens (including phenoxy) is 1. The van der Waals surface area contributed by atoms with E-state index in [1.807, 2.05) is 43.3 Å². The number of rotatable bonds is 3. The standard InChI is InChI=1S/C22H20BrNO4/c1-12-19(22(26)27-2)20(13-5-3-6-15(23)9-13)21-16(24-12)10-14(11-17(21)25)18-7-4-8-28-18/h3-9,14,20,24H,10-11H2,1-2H3/t14-,20-/m0/s1. The topological polar surface area (TPSA) is 68.5 Å². The first-order valence-corrected chi connectivity index (χ1v) is 9.90. The molecule has 0 spiro atoms. The molecule has 1 aliphatic carbocycles. The number of Topliss-reactive ketones (excluding diaryl/α,β-unsaturated/α-hetero) is 1. The van der Waals surface area contributed by atoms with Gasteiger partial charge in [0.15, 0.2) is 5.78 Å². The van der Waals surface area contributed by atoms with E-state index < -0.39 is 11.9 Å². The highest BCUT2D eigenvalue weighted by molar-refractivity contribution is 9.10. The van der Waals surface area contributed by atoms with Gasteiger partial charge in [0.1, 0.15) is 5.76 Å². The average molecular weight is 442 g/mol. The fourth-order valence-electron chi connectivity index (χ4n) is 4.16. The number of dihydropyridines is 1. The summed E-state index contributed by atoms with van der Waals surface area (Å²) in [6.45, 7) is 1.85. The van der Waals surface area contributed by atoms with Crippen LogP contribution in [0.1, 0.15) is 42.9 Å². The predicted octanol–water partition coefficient (Wildman–Crippen LogP) is 4.58. The normalized spacial score (nSPS) is 22.0. The van der Waals surface area contributed by atoms with Crippen LogP contribution in [0.25, 0.3) is 0 Å². The first-order valence-electron chi connectivity index (χ1n) is 9.10.